The molecule has 0 radical (unpaired) electrons. The fourth-order valence-corrected chi connectivity index (χ4v) is 2.33. The van der Waals surface area contributed by atoms with Crippen LogP contribution in [0.4, 0.5) is 18.0 Å². The van der Waals surface area contributed by atoms with E-state index in [0.717, 1.165) is 0 Å². The third kappa shape index (κ3) is 4.77. The van der Waals surface area contributed by atoms with Crippen molar-refractivity contribution in [3.05, 3.63) is 29.6 Å². The number of likely N-dealkylation sites (tertiary alicyclic amines) is 1. The Bertz CT molecular complexity index is 563. The third-order valence-electron chi connectivity index (χ3n) is 3.28. The van der Waals surface area contributed by atoms with Gasteiger partial charge < -0.3 is 14.4 Å². The molecule has 1 atom stereocenters. The second-order valence-electron chi connectivity index (χ2n) is 6.51. The van der Waals surface area contributed by atoms with Gasteiger partial charge >= 0.3 is 6.09 Å². The number of ether oxygens (including phenoxy) is 2. The van der Waals surface area contributed by atoms with Crippen LogP contribution >= 0.6 is 0 Å². The van der Waals surface area contributed by atoms with Gasteiger partial charge in [-0.25, -0.2) is 18.0 Å². The van der Waals surface area contributed by atoms with Crippen LogP contribution in [0.3, 0.4) is 0 Å². The van der Waals surface area contributed by atoms with Gasteiger partial charge in [-0.2, -0.15) is 0 Å². The van der Waals surface area contributed by atoms with Crippen molar-refractivity contribution in [3.8, 4) is 5.75 Å². The Balaban J connectivity index is 2.03. The molecule has 0 saturated carbocycles. The molecule has 1 amide bonds. The van der Waals surface area contributed by atoms with Crippen LogP contribution in [0.2, 0.25) is 0 Å². The van der Waals surface area contributed by atoms with Crippen molar-refractivity contribution < 1.29 is 27.4 Å². The summed E-state index contributed by atoms with van der Waals surface area (Å²) in [6.07, 6.45) is 0.0840. The Morgan fingerprint density at radius 1 is 1.22 bits per heavy atom. The molecule has 1 aromatic rings. The number of benzene rings is 1. The van der Waals surface area contributed by atoms with E-state index in [1.165, 1.54) is 4.90 Å². The van der Waals surface area contributed by atoms with Gasteiger partial charge in [0.25, 0.3) is 0 Å². The molecule has 1 heterocycles. The molecule has 2 rings (SSSR count). The standard InChI is InChI=1S/C16H20F3NO3/c1-16(2,3)23-15(21)20-6-4-5-11(9-20)22-14-12(18)7-10(17)8-13(14)19/h7-8,11H,4-6,9H2,1-3H3. The van der Waals surface area contributed by atoms with Gasteiger partial charge in [0.05, 0.1) is 6.54 Å². The average Bonchev–Trinajstić information content (AvgIpc) is 2.41. The van der Waals surface area contributed by atoms with Crippen molar-refractivity contribution in [3.63, 3.8) is 0 Å². The highest BCUT2D eigenvalue weighted by atomic mass is 19.1. The van der Waals surface area contributed by atoms with Gasteiger partial charge in [0.1, 0.15) is 17.5 Å². The van der Waals surface area contributed by atoms with Gasteiger partial charge in [-0.1, -0.05) is 0 Å². The summed E-state index contributed by atoms with van der Waals surface area (Å²) >= 11 is 0. The first kappa shape index (κ1) is 17.4. The van der Waals surface area contributed by atoms with Crippen LogP contribution in [-0.4, -0.2) is 35.8 Å². The van der Waals surface area contributed by atoms with Crippen LogP contribution in [0, 0.1) is 17.5 Å². The summed E-state index contributed by atoms with van der Waals surface area (Å²) in [5.74, 6) is -3.83. The lowest BCUT2D eigenvalue weighted by molar-refractivity contribution is 0.00691. The third-order valence-corrected chi connectivity index (χ3v) is 3.28. The van der Waals surface area contributed by atoms with E-state index in [-0.39, 0.29) is 6.54 Å². The van der Waals surface area contributed by atoms with Gasteiger partial charge in [0.15, 0.2) is 17.4 Å². The van der Waals surface area contributed by atoms with E-state index in [4.69, 9.17) is 9.47 Å². The molecule has 128 valence electrons. The number of hydrogen-bond donors (Lipinski definition) is 0. The molecule has 0 aliphatic carbocycles. The van der Waals surface area contributed by atoms with E-state index in [2.05, 4.69) is 0 Å². The van der Waals surface area contributed by atoms with E-state index < -0.39 is 41.0 Å². The van der Waals surface area contributed by atoms with Crippen molar-refractivity contribution >= 4 is 6.09 Å². The minimum Gasteiger partial charge on any atom is -0.482 e. The summed E-state index contributed by atoms with van der Waals surface area (Å²) in [6, 6.07) is 1.12. The highest BCUT2D eigenvalue weighted by Gasteiger charge is 2.29. The summed E-state index contributed by atoms with van der Waals surface area (Å²) in [7, 11) is 0. The monoisotopic (exact) mass is 331 g/mol. The minimum atomic E-state index is -1.10. The zero-order chi connectivity index (χ0) is 17.2. The van der Waals surface area contributed by atoms with E-state index in [9.17, 15) is 18.0 Å². The van der Waals surface area contributed by atoms with Gasteiger partial charge in [0.2, 0.25) is 0 Å². The molecule has 7 heteroatoms. The first-order valence-electron chi connectivity index (χ1n) is 7.45. The van der Waals surface area contributed by atoms with E-state index >= 15 is 0 Å². The maximum Gasteiger partial charge on any atom is 0.410 e. The van der Waals surface area contributed by atoms with Crippen molar-refractivity contribution in [1.29, 1.82) is 0 Å². The minimum absolute atomic E-state index is 0.158. The summed E-state index contributed by atoms with van der Waals surface area (Å²) < 4.78 is 50.8. The second kappa shape index (κ2) is 6.68. The molecule has 1 saturated heterocycles. The smallest absolute Gasteiger partial charge is 0.410 e. The Morgan fingerprint density at radius 2 is 1.83 bits per heavy atom. The number of carbonyl (C=O) groups excluding carboxylic acids is 1. The first-order chi connectivity index (χ1) is 10.7. The largest absolute Gasteiger partial charge is 0.482 e. The van der Waals surface area contributed by atoms with Crippen molar-refractivity contribution in [1.82, 2.24) is 4.90 Å². The van der Waals surface area contributed by atoms with Gasteiger partial charge in [-0.05, 0) is 33.6 Å². The number of carbonyl (C=O) groups is 1. The fourth-order valence-electron chi connectivity index (χ4n) is 2.33. The maximum absolute atomic E-state index is 13.6. The molecular formula is C16H20F3NO3. The van der Waals surface area contributed by atoms with Crippen molar-refractivity contribution in [2.45, 2.75) is 45.3 Å². The lowest BCUT2D eigenvalue weighted by atomic mass is 10.1. The molecule has 0 aromatic heterocycles. The maximum atomic E-state index is 13.6. The molecule has 1 aliphatic heterocycles. The van der Waals surface area contributed by atoms with Crippen LogP contribution < -0.4 is 4.74 Å². The molecule has 4 nitrogen and oxygen atoms in total. The van der Waals surface area contributed by atoms with Crippen LogP contribution in [0.1, 0.15) is 33.6 Å². The lowest BCUT2D eigenvalue weighted by Crippen LogP contribution is -2.46. The SMILES string of the molecule is CC(C)(C)OC(=O)N1CCCC(Oc2c(F)cc(F)cc2F)C1. The molecule has 1 aliphatic rings. The summed E-state index contributed by atoms with van der Waals surface area (Å²) in [5.41, 5.74) is -0.625. The van der Waals surface area contributed by atoms with E-state index in [0.29, 0.717) is 31.5 Å². The Hall–Kier alpha value is -1.92. The molecule has 1 fully saturated rings. The van der Waals surface area contributed by atoms with Gasteiger partial charge in [-0.15, -0.1) is 0 Å². The average molecular weight is 331 g/mol. The summed E-state index contributed by atoms with van der Waals surface area (Å²) in [4.78, 5) is 13.5. The van der Waals surface area contributed by atoms with Gasteiger partial charge in [0, 0.05) is 18.7 Å². The number of rotatable bonds is 2. The van der Waals surface area contributed by atoms with Crippen molar-refractivity contribution in [2.75, 3.05) is 13.1 Å². The van der Waals surface area contributed by atoms with Crippen LogP contribution in [0.5, 0.6) is 5.75 Å². The number of halogens is 3. The normalized spacial score (nSPS) is 18.7. The predicted molar refractivity (Wildman–Crippen MR) is 77.8 cm³/mol. The number of piperidine rings is 1. The topological polar surface area (TPSA) is 38.8 Å². The van der Waals surface area contributed by atoms with E-state index in [1.54, 1.807) is 20.8 Å². The van der Waals surface area contributed by atoms with Crippen LogP contribution in [0.15, 0.2) is 12.1 Å². The predicted octanol–water partition coefficient (Wildman–Crippen LogP) is 3.88. The highest BCUT2D eigenvalue weighted by molar-refractivity contribution is 5.68. The summed E-state index contributed by atoms with van der Waals surface area (Å²) in [6.45, 7) is 5.92. The van der Waals surface area contributed by atoms with Crippen molar-refractivity contribution in [2.24, 2.45) is 0 Å². The van der Waals surface area contributed by atoms with Crippen LogP contribution in [0.25, 0.3) is 0 Å². The second-order valence-corrected chi connectivity index (χ2v) is 6.51. The molecular weight excluding hydrogens is 311 g/mol. The molecule has 0 spiro atoms. The summed E-state index contributed by atoms with van der Waals surface area (Å²) in [5, 5.41) is 0. The lowest BCUT2D eigenvalue weighted by Gasteiger charge is -2.34. The first-order valence-corrected chi connectivity index (χ1v) is 7.45. The number of amides is 1. The Morgan fingerprint density at radius 3 is 2.39 bits per heavy atom. The quantitative estimate of drug-likeness (QED) is 0.825. The zero-order valence-electron chi connectivity index (χ0n) is 13.4. The number of hydrogen-bond acceptors (Lipinski definition) is 3. The number of nitrogens with zero attached hydrogens (tertiary/aromatic N) is 1. The highest BCUT2D eigenvalue weighted by Crippen LogP contribution is 2.26. The molecule has 1 unspecified atom stereocenters. The molecule has 0 N–H and O–H groups in total. The molecule has 0 bridgehead atoms. The zero-order valence-corrected chi connectivity index (χ0v) is 13.4. The van der Waals surface area contributed by atoms with Gasteiger partial charge in [-0.3, -0.25) is 0 Å². The van der Waals surface area contributed by atoms with E-state index in [1.807, 2.05) is 0 Å². The Kier molecular flexibility index (Phi) is 5.06. The molecule has 23 heavy (non-hydrogen) atoms. The Labute approximate surface area is 133 Å². The molecule has 1 aromatic carbocycles. The fraction of sp³-hybridized carbons (Fsp3) is 0.562. The van der Waals surface area contributed by atoms with Crippen LogP contribution in [-0.2, 0) is 4.74 Å².